The molecule has 4 fully saturated rings. The molecule has 0 aromatic carbocycles. The molecular formula is C26H40N10O2. The van der Waals surface area contributed by atoms with Crippen molar-refractivity contribution in [2.45, 2.75) is 50.5 Å². The summed E-state index contributed by atoms with van der Waals surface area (Å²) < 4.78 is 5.46. The number of morpholine rings is 1. The maximum Gasteiger partial charge on any atom is 0.235 e. The van der Waals surface area contributed by atoms with Crippen LogP contribution in [-0.2, 0) is 9.53 Å². The highest BCUT2D eigenvalue weighted by atomic mass is 16.5. The molecule has 1 amide bonds. The van der Waals surface area contributed by atoms with E-state index >= 15 is 0 Å². The Balaban J connectivity index is 0.000000237. The van der Waals surface area contributed by atoms with E-state index in [1.54, 1.807) is 0 Å². The van der Waals surface area contributed by atoms with Gasteiger partial charge in [0.1, 0.15) is 0 Å². The van der Waals surface area contributed by atoms with Gasteiger partial charge >= 0.3 is 0 Å². The summed E-state index contributed by atoms with van der Waals surface area (Å²) >= 11 is 0. The predicted molar refractivity (Wildman–Crippen MR) is 148 cm³/mol. The molecule has 0 spiro atoms. The van der Waals surface area contributed by atoms with Crippen molar-refractivity contribution >= 4 is 30.1 Å². The minimum absolute atomic E-state index is 0.385. The Bertz CT molecular complexity index is 1030. The van der Waals surface area contributed by atoms with Crippen molar-refractivity contribution in [3.63, 3.8) is 0 Å². The molecule has 3 aliphatic heterocycles. The first-order valence-corrected chi connectivity index (χ1v) is 13.6. The lowest BCUT2D eigenvalue weighted by Gasteiger charge is -2.28. The van der Waals surface area contributed by atoms with Gasteiger partial charge in [0.2, 0.25) is 24.3 Å². The van der Waals surface area contributed by atoms with Gasteiger partial charge in [-0.2, -0.15) is 20.1 Å². The van der Waals surface area contributed by atoms with Crippen LogP contribution in [0.3, 0.4) is 0 Å². The lowest BCUT2D eigenvalue weighted by Crippen LogP contribution is -2.43. The van der Waals surface area contributed by atoms with E-state index in [4.69, 9.17) is 9.72 Å². The third-order valence-electron chi connectivity index (χ3n) is 7.08. The van der Waals surface area contributed by atoms with Crippen molar-refractivity contribution in [1.82, 2.24) is 35.4 Å². The van der Waals surface area contributed by atoms with E-state index in [0.29, 0.717) is 37.1 Å². The Hall–Kier alpha value is -3.43. The molecule has 38 heavy (non-hydrogen) atoms. The molecule has 1 saturated carbocycles. The Labute approximate surface area is 224 Å². The van der Waals surface area contributed by atoms with Crippen LogP contribution in [0.1, 0.15) is 50.1 Å². The highest BCUT2D eigenvalue weighted by Gasteiger charge is 2.26. The van der Waals surface area contributed by atoms with E-state index in [1.165, 1.54) is 37.8 Å². The SMILES string of the molecule is C#C.CN1CCC[C@@H](NC=O)C1.c1c(Nc2nc(N3CCCC3)nc(N3CCOCC3)n2)n[nH]c1C1CC1. The fourth-order valence-electron chi connectivity index (χ4n) is 4.89. The van der Waals surface area contributed by atoms with Gasteiger partial charge in [0.25, 0.3) is 0 Å². The van der Waals surface area contributed by atoms with Gasteiger partial charge in [0, 0.05) is 56.4 Å². The number of rotatable bonds is 7. The van der Waals surface area contributed by atoms with Crippen LogP contribution in [0.4, 0.5) is 23.7 Å². The number of ether oxygens (including phenoxy) is 1. The average molecular weight is 525 g/mol. The molecule has 4 aliphatic rings. The Morgan fingerprint density at radius 3 is 2.29 bits per heavy atom. The third-order valence-corrected chi connectivity index (χ3v) is 7.08. The van der Waals surface area contributed by atoms with Crippen LogP contribution < -0.4 is 20.4 Å². The number of anilines is 4. The van der Waals surface area contributed by atoms with Crippen molar-refractivity contribution in [2.75, 3.05) is 74.6 Å². The number of piperidine rings is 1. The van der Waals surface area contributed by atoms with Crippen molar-refractivity contribution in [2.24, 2.45) is 0 Å². The topological polar surface area (TPSA) is 127 Å². The number of hydrogen-bond donors (Lipinski definition) is 3. The number of nitrogens with zero attached hydrogens (tertiary/aromatic N) is 7. The number of likely N-dealkylation sites (N-methyl/N-ethyl adjacent to an activating group) is 1. The second kappa shape index (κ2) is 13.9. The molecule has 6 rings (SSSR count). The minimum atomic E-state index is 0.385. The predicted octanol–water partition coefficient (Wildman–Crippen LogP) is 1.73. The average Bonchev–Trinajstić information content (AvgIpc) is 3.44. The smallest absolute Gasteiger partial charge is 0.235 e. The van der Waals surface area contributed by atoms with Crippen LogP contribution in [0.15, 0.2) is 6.07 Å². The van der Waals surface area contributed by atoms with Crippen LogP contribution in [-0.4, -0.2) is 102 Å². The van der Waals surface area contributed by atoms with Crippen LogP contribution >= 0.6 is 0 Å². The zero-order valence-electron chi connectivity index (χ0n) is 22.3. The Morgan fingerprint density at radius 1 is 0.974 bits per heavy atom. The lowest BCUT2D eigenvalue weighted by atomic mass is 10.1. The Morgan fingerprint density at radius 2 is 1.66 bits per heavy atom. The van der Waals surface area contributed by atoms with Crippen molar-refractivity contribution in [3.05, 3.63) is 11.8 Å². The first kappa shape index (κ1) is 27.6. The number of terminal acetylenes is 1. The number of likely N-dealkylation sites (tertiary alicyclic amines) is 1. The molecule has 2 aromatic rings. The summed E-state index contributed by atoms with van der Waals surface area (Å²) in [6, 6.07) is 2.45. The lowest BCUT2D eigenvalue weighted by molar-refractivity contribution is -0.110. The fourth-order valence-corrected chi connectivity index (χ4v) is 4.89. The van der Waals surface area contributed by atoms with Gasteiger partial charge in [0.15, 0.2) is 5.82 Å². The number of nitrogens with one attached hydrogen (secondary N) is 3. The van der Waals surface area contributed by atoms with E-state index < -0.39 is 0 Å². The summed E-state index contributed by atoms with van der Waals surface area (Å²) in [5, 5.41) is 13.5. The number of aromatic nitrogens is 5. The summed E-state index contributed by atoms with van der Waals surface area (Å²) in [5.41, 5.74) is 1.19. The largest absolute Gasteiger partial charge is 0.378 e. The molecule has 0 radical (unpaired) electrons. The van der Waals surface area contributed by atoms with Gasteiger partial charge < -0.3 is 30.1 Å². The van der Waals surface area contributed by atoms with E-state index in [0.717, 1.165) is 63.9 Å². The number of H-pyrrole nitrogens is 1. The Kier molecular flexibility index (Phi) is 10.1. The van der Waals surface area contributed by atoms with Crippen molar-refractivity contribution < 1.29 is 9.53 Å². The number of amides is 1. The second-order valence-electron chi connectivity index (χ2n) is 10.0. The molecule has 12 nitrogen and oxygen atoms in total. The number of carbonyl (C=O) groups excluding carboxylic acids is 1. The fraction of sp³-hybridized carbons (Fsp3) is 0.654. The summed E-state index contributed by atoms with van der Waals surface area (Å²) in [4.78, 5) is 30.7. The summed E-state index contributed by atoms with van der Waals surface area (Å²) in [6.07, 6.45) is 16.0. The third kappa shape index (κ3) is 7.79. The van der Waals surface area contributed by atoms with Crippen LogP contribution in [0.2, 0.25) is 0 Å². The van der Waals surface area contributed by atoms with Gasteiger partial charge in [-0.15, -0.1) is 12.8 Å². The van der Waals surface area contributed by atoms with E-state index in [-0.39, 0.29) is 0 Å². The molecule has 206 valence electrons. The number of aromatic amines is 1. The minimum Gasteiger partial charge on any atom is -0.378 e. The number of carbonyl (C=O) groups is 1. The second-order valence-corrected chi connectivity index (χ2v) is 10.0. The molecule has 12 heteroatoms. The first-order chi connectivity index (χ1) is 18.7. The summed E-state index contributed by atoms with van der Waals surface area (Å²) in [5.74, 6) is 3.42. The molecule has 2 aromatic heterocycles. The maximum atomic E-state index is 10.1. The molecule has 0 unspecified atom stereocenters. The molecule has 0 bridgehead atoms. The highest BCUT2D eigenvalue weighted by Crippen LogP contribution is 2.39. The van der Waals surface area contributed by atoms with Gasteiger partial charge in [0.05, 0.1) is 13.2 Å². The first-order valence-electron chi connectivity index (χ1n) is 13.6. The zero-order chi connectivity index (χ0) is 26.7. The molecular weight excluding hydrogens is 484 g/mol. The van der Waals surface area contributed by atoms with E-state index in [9.17, 15) is 4.79 Å². The van der Waals surface area contributed by atoms with Gasteiger partial charge in [-0.1, -0.05) is 0 Å². The van der Waals surface area contributed by atoms with Gasteiger partial charge in [-0.3, -0.25) is 9.89 Å². The zero-order valence-corrected chi connectivity index (χ0v) is 22.3. The van der Waals surface area contributed by atoms with Crippen molar-refractivity contribution in [3.8, 4) is 12.8 Å². The molecule has 1 aliphatic carbocycles. The maximum absolute atomic E-state index is 10.1. The monoisotopic (exact) mass is 524 g/mol. The quantitative estimate of drug-likeness (QED) is 0.364. The molecule has 3 saturated heterocycles. The van der Waals surface area contributed by atoms with Gasteiger partial charge in [-0.25, -0.2) is 0 Å². The van der Waals surface area contributed by atoms with E-state index in [2.05, 4.69) is 71.5 Å². The normalized spacial score (nSPS) is 21.5. The summed E-state index contributed by atoms with van der Waals surface area (Å²) in [7, 11) is 2.08. The van der Waals surface area contributed by atoms with Gasteiger partial charge in [-0.05, 0) is 52.1 Å². The van der Waals surface area contributed by atoms with Crippen LogP contribution in [0, 0.1) is 12.8 Å². The number of hydrogen-bond acceptors (Lipinski definition) is 10. The van der Waals surface area contributed by atoms with E-state index in [1.807, 2.05) is 0 Å². The summed E-state index contributed by atoms with van der Waals surface area (Å²) in [6.45, 7) is 7.18. The molecule has 3 N–H and O–H groups in total. The van der Waals surface area contributed by atoms with Crippen molar-refractivity contribution in [1.29, 1.82) is 0 Å². The standard InChI is InChI=1S/C17H24N8O.C7H14N2O.C2H2/c1-2-6-24(5-1)16-19-15(18-14-11-13(22-23-14)12-3-4-12)20-17(21-16)25-7-9-26-10-8-25;1-9-4-2-3-7(5-9)8-6-10;1-2/h11-12H,1-10H2,(H2,18,19,20,21,22,23);6-7H,2-5H2,1H3,(H,8,10);1-2H/t;7-;/m.1./s1. The molecule has 1 atom stereocenters. The van der Waals surface area contributed by atoms with Crippen LogP contribution in [0.25, 0.3) is 0 Å². The molecule has 5 heterocycles. The highest BCUT2D eigenvalue weighted by molar-refractivity contribution is 5.53. The van der Waals surface area contributed by atoms with Crippen LogP contribution in [0.5, 0.6) is 0 Å².